The molecule has 1 fully saturated rings. The van der Waals surface area contributed by atoms with E-state index in [9.17, 15) is 4.79 Å². The Morgan fingerprint density at radius 2 is 2.00 bits per heavy atom. The molecular weight excluding hydrogens is 258 g/mol. The molecular formula is C14H17N3OS. The average molecular weight is 275 g/mol. The number of nitrogens with zero attached hydrogens (tertiary/aromatic N) is 2. The zero-order valence-electron chi connectivity index (χ0n) is 10.9. The molecule has 1 atom stereocenters. The van der Waals surface area contributed by atoms with E-state index in [4.69, 9.17) is 12.2 Å². The van der Waals surface area contributed by atoms with Gasteiger partial charge in [0.15, 0.2) is 4.77 Å². The molecule has 0 saturated carbocycles. The maximum Gasteiger partial charge on any atom is 0.245 e. The van der Waals surface area contributed by atoms with Crippen molar-refractivity contribution in [1.82, 2.24) is 14.5 Å². The number of hydrogen-bond donors (Lipinski definition) is 1. The van der Waals surface area contributed by atoms with E-state index in [1.807, 2.05) is 40.7 Å². The summed E-state index contributed by atoms with van der Waals surface area (Å²) >= 11 is 5.36. The Bertz CT molecular complexity index is 667. The molecule has 1 aromatic carbocycles. The van der Waals surface area contributed by atoms with Crippen LogP contribution < -0.4 is 0 Å². The van der Waals surface area contributed by atoms with Gasteiger partial charge >= 0.3 is 0 Å². The van der Waals surface area contributed by atoms with Gasteiger partial charge in [0, 0.05) is 13.1 Å². The molecule has 1 aromatic heterocycles. The van der Waals surface area contributed by atoms with Crippen LogP contribution in [0.1, 0.15) is 25.8 Å². The molecule has 0 radical (unpaired) electrons. The highest BCUT2D eigenvalue weighted by Crippen LogP contribution is 2.22. The summed E-state index contributed by atoms with van der Waals surface area (Å²) in [6.45, 7) is 3.68. The number of hydrogen-bond acceptors (Lipinski definition) is 2. The van der Waals surface area contributed by atoms with Gasteiger partial charge in [0.25, 0.3) is 0 Å². The SMILES string of the molecule is CC(C(=O)N1CCCC1)n1c(=S)[nH]c2ccccc21. The molecule has 1 unspecified atom stereocenters. The van der Waals surface area contributed by atoms with Crippen molar-refractivity contribution in [2.75, 3.05) is 13.1 Å². The lowest BCUT2D eigenvalue weighted by molar-refractivity contribution is -0.133. The Balaban J connectivity index is 2.01. The van der Waals surface area contributed by atoms with Gasteiger partial charge in [0.05, 0.1) is 11.0 Å². The summed E-state index contributed by atoms with van der Waals surface area (Å²) in [5.74, 6) is 0.165. The van der Waals surface area contributed by atoms with Crippen LogP contribution in [-0.4, -0.2) is 33.4 Å². The second-order valence-electron chi connectivity index (χ2n) is 5.03. The van der Waals surface area contributed by atoms with Crippen molar-refractivity contribution in [2.45, 2.75) is 25.8 Å². The fourth-order valence-electron chi connectivity index (χ4n) is 2.77. The van der Waals surface area contributed by atoms with E-state index in [2.05, 4.69) is 4.98 Å². The Labute approximate surface area is 117 Å². The van der Waals surface area contributed by atoms with Crippen molar-refractivity contribution in [1.29, 1.82) is 0 Å². The van der Waals surface area contributed by atoms with Crippen LogP contribution in [0.25, 0.3) is 11.0 Å². The predicted octanol–water partition coefficient (Wildman–Crippen LogP) is 2.88. The molecule has 1 saturated heterocycles. The molecule has 5 heteroatoms. The lowest BCUT2D eigenvalue weighted by Gasteiger charge is -2.21. The van der Waals surface area contributed by atoms with Crippen molar-refractivity contribution in [2.24, 2.45) is 0 Å². The second-order valence-corrected chi connectivity index (χ2v) is 5.41. The summed E-state index contributed by atoms with van der Waals surface area (Å²) in [4.78, 5) is 17.6. The van der Waals surface area contributed by atoms with E-state index < -0.39 is 0 Å². The monoisotopic (exact) mass is 275 g/mol. The van der Waals surface area contributed by atoms with E-state index in [0.717, 1.165) is 37.0 Å². The number of carbonyl (C=O) groups is 1. The standard InChI is InChI=1S/C14H17N3OS/c1-10(13(18)16-8-4-5-9-16)17-12-7-3-2-6-11(12)15-14(17)19/h2-3,6-7,10H,4-5,8-9H2,1H3,(H,15,19). The van der Waals surface area contributed by atoms with Gasteiger partial charge in [-0.05, 0) is 44.1 Å². The van der Waals surface area contributed by atoms with Crippen molar-refractivity contribution < 1.29 is 4.79 Å². The van der Waals surface area contributed by atoms with Gasteiger partial charge in [0.1, 0.15) is 6.04 Å². The number of H-pyrrole nitrogens is 1. The lowest BCUT2D eigenvalue weighted by Crippen LogP contribution is -2.33. The number of nitrogens with one attached hydrogen (secondary N) is 1. The molecule has 2 heterocycles. The smallest absolute Gasteiger partial charge is 0.245 e. The average Bonchev–Trinajstić information content (AvgIpc) is 3.03. The first-order valence-corrected chi connectivity index (χ1v) is 7.07. The first-order valence-electron chi connectivity index (χ1n) is 6.66. The Morgan fingerprint density at radius 1 is 1.32 bits per heavy atom. The zero-order chi connectivity index (χ0) is 13.4. The summed E-state index contributed by atoms with van der Waals surface area (Å²) in [7, 11) is 0. The van der Waals surface area contributed by atoms with Gasteiger partial charge in [-0.1, -0.05) is 12.1 Å². The van der Waals surface area contributed by atoms with Crippen molar-refractivity contribution in [3.8, 4) is 0 Å². The summed E-state index contributed by atoms with van der Waals surface area (Å²) in [5.41, 5.74) is 1.97. The fraction of sp³-hybridized carbons (Fsp3) is 0.429. The van der Waals surface area contributed by atoms with Gasteiger partial charge in [-0.3, -0.25) is 4.79 Å². The number of rotatable bonds is 2. The summed E-state index contributed by atoms with van der Waals surface area (Å²) < 4.78 is 2.53. The molecule has 2 aromatic rings. The molecule has 0 aliphatic carbocycles. The highest BCUT2D eigenvalue weighted by atomic mass is 32.1. The largest absolute Gasteiger partial charge is 0.341 e. The van der Waals surface area contributed by atoms with E-state index in [0.29, 0.717) is 4.77 Å². The van der Waals surface area contributed by atoms with Crippen LogP contribution >= 0.6 is 12.2 Å². The number of para-hydroxylation sites is 2. The third-order valence-corrected chi connectivity index (χ3v) is 4.09. The van der Waals surface area contributed by atoms with Gasteiger partial charge in [-0.15, -0.1) is 0 Å². The highest BCUT2D eigenvalue weighted by molar-refractivity contribution is 7.71. The van der Waals surface area contributed by atoms with Gasteiger partial charge in [0.2, 0.25) is 5.91 Å². The minimum absolute atomic E-state index is 0.165. The number of carbonyl (C=O) groups excluding carboxylic acids is 1. The van der Waals surface area contributed by atoms with E-state index in [1.165, 1.54) is 0 Å². The zero-order valence-corrected chi connectivity index (χ0v) is 11.7. The van der Waals surface area contributed by atoms with Crippen LogP contribution in [0.2, 0.25) is 0 Å². The lowest BCUT2D eigenvalue weighted by atomic mass is 10.2. The molecule has 1 aliphatic heterocycles. The van der Waals surface area contributed by atoms with E-state index in [1.54, 1.807) is 0 Å². The number of amides is 1. The molecule has 0 bridgehead atoms. The summed E-state index contributed by atoms with van der Waals surface area (Å²) in [5, 5.41) is 0. The van der Waals surface area contributed by atoms with E-state index >= 15 is 0 Å². The van der Waals surface area contributed by atoms with Crippen molar-refractivity contribution in [3.05, 3.63) is 29.0 Å². The molecule has 1 N–H and O–H groups in total. The first-order chi connectivity index (χ1) is 9.18. The normalized spacial score (nSPS) is 17.0. The minimum Gasteiger partial charge on any atom is -0.341 e. The Kier molecular flexibility index (Phi) is 3.14. The number of likely N-dealkylation sites (tertiary alicyclic amines) is 1. The number of imidazole rings is 1. The van der Waals surface area contributed by atoms with Crippen LogP contribution in [0.5, 0.6) is 0 Å². The maximum absolute atomic E-state index is 12.5. The van der Waals surface area contributed by atoms with Gasteiger partial charge in [-0.25, -0.2) is 0 Å². The highest BCUT2D eigenvalue weighted by Gasteiger charge is 2.25. The maximum atomic E-state index is 12.5. The van der Waals surface area contributed by atoms with Crippen molar-refractivity contribution >= 4 is 29.2 Å². The Hall–Kier alpha value is -1.62. The predicted molar refractivity (Wildman–Crippen MR) is 77.6 cm³/mol. The number of fused-ring (bicyclic) bond motifs is 1. The molecule has 1 amide bonds. The van der Waals surface area contributed by atoms with Gasteiger partial charge in [-0.2, -0.15) is 0 Å². The number of benzene rings is 1. The van der Waals surface area contributed by atoms with Crippen LogP contribution in [0.15, 0.2) is 24.3 Å². The van der Waals surface area contributed by atoms with Crippen molar-refractivity contribution in [3.63, 3.8) is 0 Å². The quantitative estimate of drug-likeness (QED) is 0.856. The molecule has 3 rings (SSSR count). The minimum atomic E-state index is -0.248. The van der Waals surface area contributed by atoms with Crippen LogP contribution in [0.4, 0.5) is 0 Å². The number of aromatic amines is 1. The second kappa shape index (κ2) is 4.81. The Morgan fingerprint density at radius 3 is 2.74 bits per heavy atom. The topological polar surface area (TPSA) is 41.0 Å². The molecule has 4 nitrogen and oxygen atoms in total. The van der Waals surface area contributed by atoms with E-state index in [-0.39, 0.29) is 11.9 Å². The summed E-state index contributed by atoms with van der Waals surface area (Å²) in [6.07, 6.45) is 2.22. The fourth-order valence-corrected chi connectivity index (χ4v) is 3.14. The third-order valence-electron chi connectivity index (χ3n) is 3.79. The van der Waals surface area contributed by atoms with Crippen LogP contribution in [0.3, 0.4) is 0 Å². The third kappa shape index (κ3) is 2.08. The van der Waals surface area contributed by atoms with Crippen LogP contribution in [-0.2, 0) is 4.79 Å². The molecule has 0 spiro atoms. The molecule has 1 aliphatic rings. The van der Waals surface area contributed by atoms with Gasteiger partial charge < -0.3 is 14.5 Å². The first kappa shape index (κ1) is 12.4. The van der Waals surface area contributed by atoms with Crippen LogP contribution in [0, 0.1) is 4.77 Å². The number of aromatic nitrogens is 2. The summed E-state index contributed by atoms with van der Waals surface area (Å²) in [6, 6.07) is 7.66. The molecule has 100 valence electrons. The molecule has 19 heavy (non-hydrogen) atoms.